The Morgan fingerprint density at radius 3 is 1.90 bits per heavy atom. The summed E-state index contributed by atoms with van der Waals surface area (Å²) in [5.41, 5.74) is -3.96. The van der Waals surface area contributed by atoms with Crippen LogP contribution in [0.2, 0.25) is 0 Å². The first-order chi connectivity index (χ1) is 18.5. The summed E-state index contributed by atoms with van der Waals surface area (Å²) in [7, 11) is 0. The van der Waals surface area contributed by atoms with E-state index in [2.05, 4.69) is 4.98 Å². The Hall–Kier alpha value is -4.03. The number of allylic oxidation sites excluding steroid dienone is 2. The number of carboxylic acid groups (broad SMARTS) is 1. The minimum atomic E-state index is -4.91. The average Bonchev–Trinajstić information content (AvgIpc) is 3.35. The van der Waals surface area contributed by atoms with Crippen molar-refractivity contribution in [3.8, 4) is 5.75 Å². The molecule has 3 aromatic rings. The van der Waals surface area contributed by atoms with Crippen LogP contribution >= 0.6 is 0 Å². The van der Waals surface area contributed by atoms with Gasteiger partial charge in [-0.1, -0.05) is 12.1 Å². The fourth-order valence-corrected chi connectivity index (χ4v) is 4.30. The van der Waals surface area contributed by atoms with Gasteiger partial charge in [-0.05, 0) is 78.4 Å². The minimum absolute atomic E-state index is 0.0901. The molecule has 1 aromatic heterocycles. The van der Waals surface area contributed by atoms with Gasteiger partial charge in [-0.2, -0.15) is 39.5 Å². The standard InChI is InChI=1S/C27H18F9NO3/c28-25(29,30)15-6-4-14(5-7-15)13-40-23-9-8-16(26(31,32)33)10-20(23)18-2-1-3-19(18)21-11-17(27(34,35)36)12-22(37-21)24(38)39/h4-12H,1-3,13H2,(H,38,39). The van der Waals surface area contributed by atoms with Gasteiger partial charge in [0.25, 0.3) is 0 Å². The largest absolute Gasteiger partial charge is 0.488 e. The zero-order chi connectivity index (χ0) is 29.5. The molecule has 0 saturated carbocycles. The molecule has 13 heteroatoms. The van der Waals surface area contributed by atoms with Crippen molar-refractivity contribution in [3.05, 3.63) is 93.8 Å². The Labute approximate surface area is 220 Å². The highest BCUT2D eigenvalue weighted by atomic mass is 19.4. The smallest absolute Gasteiger partial charge is 0.416 e. The van der Waals surface area contributed by atoms with Crippen LogP contribution in [-0.4, -0.2) is 16.1 Å². The number of rotatable bonds is 6. The minimum Gasteiger partial charge on any atom is -0.488 e. The molecule has 0 saturated heterocycles. The van der Waals surface area contributed by atoms with Gasteiger partial charge in [0.1, 0.15) is 18.1 Å². The lowest BCUT2D eigenvalue weighted by molar-refractivity contribution is -0.138. The first-order valence-electron chi connectivity index (χ1n) is 11.6. The summed E-state index contributed by atoms with van der Waals surface area (Å²) in [6.07, 6.45) is -13.7. The molecule has 0 radical (unpaired) electrons. The SMILES string of the molecule is O=C(O)c1cc(C(F)(F)F)cc(C2=C(c3cc(C(F)(F)F)ccc3OCc3ccc(C(F)(F)F)cc3)CCC2)n1. The average molecular weight is 575 g/mol. The molecule has 2 aromatic carbocycles. The molecule has 0 fully saturated rings. The van der Waals surface area contributed by atoms with Crippen molar-refractivity contribution in [1.29, 1.82) is 0 Å². The Morgan fingerprint density at radius 2 is 1.32 bits per heavy atom. The van der Waals surface area contributed by atoms with Crippen molar-refractivity contribution in [2.24, 2.45) is 0 Å². The second-order valence-corrected chi connectivity index (χ2v) is 8.93. The Bertz CT molecular complexity index is 1450. The monoisotopic (exact) mass is 575 g/mol. The lowest BCUT2D eigenvalue weighted by atomic mass is 9.96. The third-order valence-corrected chi connectivity index (χ3v) is 6.21. The predicted molar refractivity (Wildman–Crippen MR) is 124 cm³/mol. The van der Waals surface area contributed by atoms with E-state index in [-0.39, 0.29) is 53.2 Å². The third-order valence-electron chi connectivity index (χ3n) is 6.21. The van der Waals surface area contributed by atoms with Crippen molar-refractivity contribution in [3.63, 3.8) is 0 Å². The topological polar surface area (TPSA) is 59.4 Å². The quantitative estimate of drug-likeness (QED) is 0.300. The zero-order valence-corrected chi connectivity index (χ0v) is 20.1. The molecule has 0 amide bonds. The molecule has 1 aliphatic carbocycles. The molecule has 0 aliphatic heterocycles. The number of carbonyl (C=O) groups is 1. The first kappa shape index (κ1) is 29.0. The molecule has 0 unspecified atom stereocenters. The van der Waals surface area contributed by atoms with Gasteiger partial charge in [-0.15, -0.1) is 0 Å². The number of benzene rings is 2. The maximum atomic E-state index is 13.6. The molecule has 212 valence electrons. The lowest BCUT2D eigenvalue weighted by Gasteiger charge is -2.18. The van der Waals surface area contributed by atoms with E-state index in [9.17, 15) is 49.4 Å². The number of aromatic nitrogens is 1. The highest BCUT2D eigenvalue weighted by Crippen LogP contribution is 2.45. The van der Waals surface area contributed by atoms with Gasteiger partial charge >= 0.3 is 24.5 Å². The second kappa shape index (κ2) is 10.5. The number of ether oxygens (including phenoxy) is 1. The Balaban J connectivity index is 1.79. The highest BCUT2D eigenvalue weighted by molar-refractivity contribution is 5.95. The summed E-state index contributed by atoms with van der Waals surface area (Å²) in [6, 6.07) is 7.48. The molecule has 0 atom stereocenters. The molecule has 0 spiro atoms. The van der Waals surface area contributed by atoms with E-state index in [1.165, 1.54) is 0 Å². The molecule has 4 rings (SSSR count). The van der Waals surface area contributed by atoms with Gasteiger partial charge in [-0.25, -0.2) is 9.78 Å². The number of hydrogen-bond donors (Lipinski definition) is 1. The van der Waals surface area contributed by atoms with Crippen LogP contribution in [0.3, 0.4) is 0 Å². The van der Waals surface area contributed by atoms with Gasteiger partial charge < -0.3 is 9.84 Å². The van der Waals surface area contributed by atoms with Crippen molar-refractivity contribution >= 4 is 17.1 Å². The predicted octanol–water partition coefficient (Wildman–Crippen LogP) is 8.51. The number of pyridine rings is 1. The summed E-state index contributed by atoms with van der Waals surface area (Å²) >= 11 is 0. The van der Waals surface area contributed by atoms with Gasteiger partial charge in [-0.3, -0.25) is 0 Å². The molecule has 1 aliphatic rings. The number of carboxylic acids is 1. The van der Waals surface area contributed by atoms with Gasteiger partial charge in [0.2, 0.25) is 0 Å². The van der Waals surface area contributed by atoms with E-state index in [0.29, 0.717) is 18.6 Å². The summed E-state index contributed by atoms with van der Waals surface area (Å²) < 4.78 is 125. The maximum absolute atomic E-state index is 13.6. The highest BCUT2D eigenvalue weighted by Gasteiger charge is 2.35. The van der Waals surface area contributed by atoms with Crippen LogP contribution in [0.5, 0.6) is 5.75 Å². The first-order valence-corrected chi connectivity index (χ1v) is 11.6. The summed E-state index contributed by atoms with van der Waals surface area (Å²) in [5, 5.41) is 9.28. The molecule has 1 N–H and O–H groups in total. The van der Waals surface area contributed by atoms with E-state index >= 15 is 0 Å². The van der Waals surface area contributed by atoms with Crippen molar-refractivity contribution in [2.45, 2.75) is 44.4 Å². The third kappa shape index (κ3) is 6.40. The molecule has 0 bridgehead atoms. The lowest BCUT2D eigenvalue weighted by Crippen LogP contribution is -2.11. The molecular weight excluding hydrogens is 557 g/mol. The fourth-order valence-electron chi connectivity index (χ4n) is 4.30. The Morgan fingerprint density at radius 1 is 0.750 bits per heavy atom. The van der Waals surface area contributed by atoms with E-state index in [1.54, 1.807) is 0 Å². The van der Waals surface area contributed by atoms with Crippen LogP contribution in [0, 0.1) is 0 Å². The van der Waals surface area contributed by atoms with Gasteiger partial charge in [0, 0.05) is 5.56 Å². The number of alkyl halides is 9. The van der Waals surface area contributed by atoms with Crippen LogP contribution in [0.15, 0.2) is 54.6 Å². The summed E-state index contributed by atoms with van der Waals surface area (Å²) in [6.45, 7) is -0.315. The van der Waals surface area contributed by atoms with Crippen LogP contribution in [0.4, 0.5) is 39.5 Å². The van der Waals surface area contributed by atoms with Crippen LogP contribution in [0.1, 0.15) is 63.3 Å². The van der Waals surface area contributed by atoms with E-state index in [1.807, 2.05) is 0 Å². The zero-order valence-electron chi connectivity index (χ0n) is 20.1. The molecule has 4 nitrogen and oxygen atoms in total. The second-order valence-electron chi connectivity index (χ2n) is 8.93. The summed E-state index contributed by atoms with van der Waals surface area (Å²) in [4.78, 5) is 15.3. The van der Waals surface area contributed by atoms with E-state index < -0.39 is 46.9 Å². The van der Waals surface area contributed by atoms with Crippen molar-refractivity contribution < 1.29 is 54.2 Å². The van der Waals surface area contributed by atoms with E-state index in [0.717, 1.165) is 42.5 Å². The molecule has 40 heavy (non-hydrogen) atoms. The molecule has 1 heterocycles. The van der Waals surface area contributed by atoms with Crippen molar-refractivity contribution in [2.75, 3.05) is 0 Å². The normalized spacial score (nSPS) is 14.5. The van der Waals surface area contributed by atoms with Crippen LogP contribution in [0.25, 0.3) is 11.1 Å². The number of halogens is 9. The van der Waals surface area contributed by atoms with Crippen LogP contribution in [-0.2, 0) is 25.1 Å². The number of aromatic carboxylic acids is 1. The Kier molecular flexibility index (Phi) is 7.61. The number of hydrogen-bond acceptors (Lipinski definition) is 3. The van der Waals surface area contributed by atoms with Crippen molar-refractivity contribution in [1.82, 2.24) is 4.98 Å². The number of nitrogens with zero attached hydrogens (tertiary/aromatic N) is 1. The van der Waals surface area contributed by atoms with Gasteiger partial charge in [0.05, 0.1) is 22.4 Å². The van der Waals surface area contributed by atoms with E-state index in [4.69, 9.17) is 4.74 Å². The maximum Gasteiger partial charge on any atom is 0.416 e. The summed E-state index contributed by atoms with van der Waals surface area (Å²) in [5.74, 6) is -1.81. The fraction of sp³-hybridized carbons (Fsp3) is 0.259. The molecular formula is C27H18F9NO3. The van der Waals surface area contributed by atoms with Crippen LogP contribution < -0.4 is 4.74 Å². The van der Waals surface area contributed by atoms with Gasteiger partial charge in [0.15, 0.2) is 0 Å².